The van der Waals surface area contributed by atoms with Crippen LogP contribution in [0.15, 0.2) is 66.7 Å². The van der Waals surface area contributed by atoms with E-state index in [1.165, 1.54) is 23.5 Å². The van der Waals surface area contributed by atoms with Crippen LogP contribution in [0.5, 0.6) is 0 Å². The van der Waals surface area contributed by atoms with Crippen LogP contribution < -0.4 is 26.6 Å². The zero-order valence-corrected chi connectivity index (χ0v) is 24.0. The van der Waals surface area contributed by atoms with Gasteiger partial charge in [0.2, 0.25) is 17.8 Å². The van der Waals surface area contributed by atoms with Gasteiger partial charge in [0, 0.05) is 5.69 Å². The smallest absolute Gasteiger partial charge is 0.332 e. The van der Waals surface area contributed by atoms with Crippen molar-refractivity contribution in [3.63, 3.8) is 0 Å². The first kappa shape index (κ1) is 29.2. The van der Waals surface area contributed by atoms with Crippen molar-refractivity contribution in [3.8, 4) is 0 Å². The molecule has 0 aliphatic heterocycles. The van der Waals surface area contributed by atoms with Crippen molar-refractivity contribution in [2.45, 2.75) is 6.18 Å². The Labute approximate surface area is 254 Å². The summed E-state index contributed by atoms with van der Waals surface area (Å²) in [4.78, 5) is 17.3. The van der Waals surface area contributed by atoms with Crippen LogP contribution in [-0.2, 0) is 6.18 Å². The highest BCUT2D eigenvalue weighted by atomic mass is 35.5. The van der Waals surface area contributed by atoms with Gasteiger partial charge >= 0.3 is 6.18 Å². The molecule has 0 fully saturated rings. The van der Waals surface area contributed by atoms with Crippen molar-refractivity contribution in [3.05, 3.63) is 83.1 Å². The minimum Gasteiger partial charge on any atom is -0.332 e. The summed E-state index contributed by atoms with van der Waals surface area (Å²) < 4.78 is 53.2. The predicted octanol–water partition coefficient (Wildman–Crippen LogP) is 7.65. The Morgan fingerprint density at radius 1 is 0.762 bits per heavy atom. The summed E-state index contributed by atoms with van der Waals surface area (Å²) in [6.45, 7) is 0. The van der Waals surface area contributed by atoms with Gasteiger partial charge in [-0.15, -0.1) is 0 Å². The number of thiocarbonyl (C=S) groups is 2. The average molecular weight is 650 g/mol. The van der Waals surface area contributed by atoms with E-state index in [4.69, 9.17) is 36.0 Å². The Morgan fingerprint density at radius 2 is 1.43 bits per heavy atom. The van der Waals surface area contributed by atoms with Crippen LogP contribution in [0.4, 0.5) is 51.9 Å². The molecule has 214 valence electrons. The Balaban J connectivity index is 1.37. The van der Waals surface area contributed by atoms with Crippen LogP contribution >= 0.6 is 47.4 Å². The first-order valence-corrected chi connectivity index (χ1v) is 13.7. The topological polar surface area (TPSA) is 112 Å². The highest BCUT2D eigenvalue weighted by molar-refractivity contribution is 7.81. The molecule has 0 saturated heterocycles. The van der Waals surface area contributed by atoms with E-state index in [-0.39, 0.29) is 38.8 Å². The third-order valence-electron chi connectivity index (χ3n) is 5.23. The molecule has 0 aliphatic rings. The fraction of sp³-hybridized carbons (Fsp3) is 0.0400. The van der Waals surface area contributed by atoms with E-state index in [0.29, 0.717) is 15.3 Å². The summed E-state index contributed by atoms with van der Waals surface area (Å²) in [7, 11) is 0. The summed E-state index contributed by atoms with van der Waals surface area (Å²) in [6, 6.07) is 16.2. The number of nitrogens with one attached hydrogen (secondary N) is 5. The Hall–Kier alpha value is -4.25. The van der Waals surface area contributed by atoms with Crippen molar-refractivity contribution in [2.75, 3.05) is 26.6 Å². The molecular formula is C25H16ClF4N9S3. The van der Waals surface area contributed by atoms with E-state index < -0.39 is 17.6 Å². The first-order chi connectivity index (χ1) is 20.0. The molecule has 42 heavy (non-hydrogen) atoms. The Morgan fingerprint density at radius 3 is 2.10 bits per heavy atom. The van der Waals surface area contributed by atoms with Crippen LogP contribution in [0.2, 0.25) is 5.02 Å². The SMILES string of the molecule is Fc1ccc2nc(Nc3nc(NC(=S)Nc4ccccc4)nc(NC(=S)Nc4ccc(C(F)(F)F)cc4Cl)n3)sc2c1. The molecule has 0 spiro atoms. The van der Waals surface area contributed by atoms with Crippen LogP contribution in [0.1, 0.15) is 5.56 Å². The van der Waals surface area contributed by atoms with Crippen LogP contribution in [0, 0.1) is 5.82 Å². The Bertz CT molecular complexity index is 1780. The molecule has 0 aliphatic carbocycles. The van der Waals surface area contributed by atoms with Crippen molar-refractivity contribution >= 4 is 102 Å². The number of rotatable bonds is 6. The van der Waals surface area contributed by atoms with Crippen molar-refractivity contribution < 1.29 is 17.6 Å². The zero-order valence-electron chi connectivity index (χ0n) is 20.8. The second kappa shape index (κ2) is 12.3. The molecule has 5 N–H and O–H groups in total. The first-order valence-electron chi connectivity index (χ1n) is 11.7. The number of hydrogen-bond donors (Lipinski definition) is 5. The number of aromatic nitrogens is 4. The van der Waals surface area contributed by atoms with Gasteiger partial charge in [-0.3, -0.25) is 5.32 Å². The average Bonchev–Trinajstić information content (AvgIpc) is 3.30. The molecule has 0 saturated carbocycles. The lowest BCUT2D eigenvalue weighted by Gasteiger charge is -2.14. The zero-order chi connectivity index (χ0) is 29.9. The number of thiazole rings is 1. The monoisotopic (exact) mass is 649 g/mol. The van der Waals surface area contributed by atoms with Crippen molar-refractivity contribution in [1.29, 1.82) is 0 Å². The van der Waals surface area contributed by atoms with Gasteiger partial charge < -0.3 is 21.3 Å². The van der Waals surface area contributed by atoms with Crippen LogP contribution in [-0.4, -0.2) is 30.2 Å². The summed E-state index contributed by atoms with van der Waals surface area (Å²) in [5.74, 6) is -0.395. The highest BCUT2D eigenvalue weighted by Gasteiger charge is 2.31. The number of para-hydroxylation sites is 1. The summed E-state index contributed by atoms with van der Waals surface area (Å²) in [6.07, 6.45) is -4.55. The predicted molar refractivity (Wildman–Crippen MR) is 165 cm³/mol. The number of anilines is 6. The maximum atomic E-state index is 13.6. The van der Waals surface area contributed by atoms with E-state index in [1.807, 2.05) is 30.3 Å². The second-order valence-electron chi connectivity index (χ2n) is 8.28. The van der Waals surface area contributed by atoms with Gasteiger partial charge in [0.05, 0.1) is 26.5 Å². The lowest BCUT2D eigenvalue weighted by atomic mass is 10.2. The van der Waals surface area contributed by atoms with Gasteiger partial charge in [-0.25, -0.2) is 9.37 Å². The van der Waals surface area contributed by atoms with Gasteiger partial charge in [0.25, 0.3) is 0 Å². The molecule has 0 bridgehead atoms. The maximum Gasteiger partial charge on any atom is 0.416 e. The molecule has 0 radical (unpaired) electrons. The number of fused-ring (bicyclic) bond motifs is 1. The molecule has 5 aromatic rings. The maximum absolute atomic E-state index is 13.6. The number of benzene rings is 3. The minimum atomic E-state index is -4.55. The largest absolute Gasteiger partial charge is 0.416 e. The molecule has 0 atom stereocenters. The quantitative estimate of drug-likeness (QED) is 0.0923. The molecule has 5 rings (SSSR count). The third kappa shape index (κ3) is 7.52. The third-order valence-corrected chi connectivity index (χ3v) is 6.89. The van der Waals surface area contributed by atoms with Gasteiger partial charge in [-0.1, -0.05) is 41.1 Å². The Kier molecular flexibility index (Phi) is 8.58. The summed E-state index contributed by atoms with van der Waals surface area (Å²) in [5, 5.41) is 14.6. The molecular weight excluding hydrogens is 634 g/mol. The second-order valence-corrected chi connectivity index (χ2v) is 10.5. The highest BCUT2D eigenvalue weighted by Crippen LogP contribution is 2.34. The van der Waals surface area contributed by atoms with Crippen molar-refractivity contribution in [2.24, 2.45) is 0 Å². The standard InChI is InChI=1S/C25H16ClF4N9S3/c26-15-10-12(25(28,29)30)6-8-16(15)32-23(41)38-20-34-19(37-22(40)31-14-4-2-1-3-5-14)35-21(36-20)39-24-33-17-9-7-13(27)11-18(17)42-24/h1-11H,(H5,31,32,33,34,35,36,37,38,39,40,41). The molecule has 9 nitrogen and oxygen atoms in total. The van der Waals surface area contributed by atoms with E-state index >= 15 is 0 Å². The molecule has 3 aromatic carbocycles. The molecule has 17 heteroatoms. The van der Waals surface area contributed by atoms with Crippen molar-refractivity contribution in [1.82, 2.24) is 19.9 Å². The minimum absolute atomic E-state index is 0.0194. The molecule has 0 unspecified atom stereocenters. The van der Waals surface area contributed by atoms with Crippen LogP contribution in [0.3, 0.4) is 0 Å². The lowest BCUT2D eigenvalue weighted by Crippen LogP contribution is -2.24. The molecule has 2 aromatic heterocycles. The number of alkyl halides is 3. The van der Waals surface area contributed by atoms with E-state index in [9.17, 15) is 17.6 Å². The number of halogens is 5. The van der Waals surface area contributed by atoms with Gasteiger partial charge in [0.15, 0.2) is 15.4 Å². The number of hydrogen-bond acceptors (Lipinski definition) is 8. The fourth-order valence-electron chi connectivity index (χ4n) is 3.42. The normalized spacial score (nSPS) is 11.2. The summed E-state index contributed by atoms with van der Waals surface area (Å²) in [5.41, 5.74) is 0.518. The molecule has 2 heterocycles. The fourth-order valence-corrected chi connectivity index (χ4v) is 4.95. The van der Waals surface area contributed by atoms with E-state index in [1.54, 1.807) is 6.07 Å². The van der Waals surface area contributed by atoms with Gasteiger partial charge in [0.1, 0.15) is 5.82 Å². The van der Waals surface area contributed by atoms with Gasteiger partial charge in [-0.2, -0.15) is 28.1 Å². The van der Waals surface area contributed by atoms with Crippen LogP contribution in [0.25, 0.3) is 10.2 Å². The lowest BCUT2D eigenvalue weighted by molar-refractivity contribution is -0.137. The number of nitrogens with zero attached hydrogens (tertiary/aromatic N) is 4. The van der Waals surface area contributed by atoms with E-state index in [0.717, 1.165) is 23.9 Å². The van der Waals surface area contributed by atoms with E-state index in [2.05, 4.69) is 46.5 Å². The molecule has 0 amide bonds. The summed E-state index contributed by atoms with van der Waals surface area (Å²) >= 11 is 17.9. The van der Waals surface area contributed by atoms with Gasteiger partial charge in [-0.05, 0) is 73.0 Å².